The summed E-state index contributed by atoms with van der Waals surface area (Å²) in [6.07, 6.45) is 2.83. The van der Waals surface area contributed by atoms with Crippen LogP contribution >= 0.6 is 0 Å². The van der Waals surface area contributed by atoms with Crippen LogP contribution in [0.5, 0.6) is 17.2 Å². The smallest absolute Gasteiger partial charge is 0.219 e. The number of hydrogen-bond donors (Lipinski definition) is 1. The lowest BCUT2D eigenvalue weighted by atomic mass is 10.1. The molecule has 0 bridgehead atoms. The van der Waals surface area contributed by atoms with Gasteiger partial charge >= 0.3 is 0 Å². The number of phenols is 1. The van der Waals surface area contributed by atoms with Gasteiger partial charge < -0.3 is 14.6 Å². The van der Waals surface area contributed by atoms with Crippen molar-refractivity contribution in [2.45, 2.75) is 0 Å². The summed E-state index contributed by atoms with van der Waals surface area (Å²) in [6.45, 7) is 0. The van der Waals surface area contributed by atoms with Crippen molar-refractivity contribution in [3.05, 3.63) is 42.9 Å². The van der Waals surface area contributed by atoms with E-state index in [1.54, 1.807) is 19.2 Å². The molecule has 0 radical (unpaired) electrons. The Labute approximate surface area is 132 Å². The van der Waals surface area contributed by atoms with Crippen LogP contribution in [0.15, 0.2) is 53.1 Å². The lowest BCUT2D eigenvalue weighted by Crippen LogP contribution is -1.87. The number of azo groups is 1. The van der Waals surface area contributed by atoms with Crippen LogP contribution in [-0.2, 0) is 0 Å². The predicted molar refractivity (Wildman–Crippen MR) is 84.9 cm³/mol. The molecule has 1 heterocycles. The second-order valence-corrected chi connectivity index (χ2v) is 4.61. The summed E-state index contributed by atoms with van der Waals surface area (Å²) in [7, 11) is 3.06. The zero-order valence-electron chi connectivity index (χ0n) is 12.6. The largest absolute Gasteiger partial charge is 0.505 e. The van der Waals surface area contributed by atoms with Gasteiger partial charge in [-0.25, -0.2) is 9.97 Å². The molecule has 2 aromatic carbocycles. The summed E-state index contributed by atoms with van der Waals surface area (Å²) in [5, 5.41) is 19.9. The van der Waals surface area contributed by atoms with Crippen molar-refractivity contribution in [1.29, 1.82) is 0 Å². The van der Waals surface area contributed by atoms with Crippen LogP contribution in [0, 0.1) is 0 Å². The van der Waals surface area contributed by atoms with Crippen LogP contribution in [-0.4, -0.2) is 29.3 Å². The van der Waals surface area contributed by atoms with Crippen LogP contribution in [0.4, 0.5) is 11.5 Å². The molecular weight excluding hydrogens is 296 g/mol. The Balaban J connectivity index is 2.10. The molecule has 0 saturated carbocycles. The molecule has 0 fully saturated rings. The van der Waals surface area contributed by atoms with Crippen LogP contribution in [0.1, 0.15) is 0 Å². The molecule has 0 spiro atoms. The Morgan fingerprint density at radius 2 is 1.74 bits per heavy atom. The summed E-state index contributed by atoms with van der Waals surface area (Å²) in [4.78, 5) is 7.84. The minimum absolute atomic E-state index is 0.0261. The van der Waals surface area contributed by atoms with Crippen LogP contribution in [0.2, 0.25) is 0 Å². The quantitative estimate of drug-likeness (QED) is 0.741. The maximum atomic E-state index is 10.4. The highest BCUT2D eigenvalue weighted by Gasteiger charge is 2.12. The number of phenolic OH excluding ortho intramolecular Hbond substituents is 1. The molecule has 0 saturated heterocycles. The van der Waals surface area contributed by atoms with E-state index in [9.17, 15) is 5.11 Å². The molecule has 0 unspecified atom stereocenters. The van der Waals surface area contributed by atoms with E-state index in [1.165, 1.54) is 19.6 Å². The Hall–Kier alpha value is -3.22. The summed E-state index contributed by atoms with van der Waals surface area (Å²) >= 11 is 0. The standard InChI is InChI=1S/C16H14N4O3/c1-22-13-7-12(15(21)11-6-4-3-5-10(11)13)19-20-16-14(23-2)8-17-9-18-16/h3-9,21H,1-2H3. The fourth-order valence-corrected chi connectivity index (χ4v) is 2.19. The maximum Gasteiger partial charge on any atom is 0.219 e. The molecule has 0 aliphatic carbocycles. The zero-order valence-corrected chi connectivity index (χ0v) is 12.6. The Bertz CT molecular complexity index is 880. The van der Waals surface area contributed by atoms with Crippen molar-refractivity contribution in [1.82, 2.24) is 9.97 Å². The van der Waals surface area contributed by atoms with E-state index >= 15 is 0 Å². The third-order valence-electron chi connectivity index (χ3n) is 3.31. The minimum Gasteiger partial charge on any atom is -0.505 e. The van der Waals surface area contributed by atoms with Gasteiger partial charge in [0.15, 0.2) is 11.5 Å². The first-order valence-corrected chi connectivity index (χ1v) is 6.79. The molecule has 1 aromatic heterocycles. The molecule has 0 amide bonds. The zero-order chi connectivity index (χ0) is 16.2. The van der Waals surface area contributed by atoms with E-state index in [2.05, 4.69) is 20.2 Å². The second-order valence-electron chi connectivity index (χ2n) is 4.61. The first kappa shape index (κ1) is 14.7. The molecule has 3 rings (SSSR count). The number of benzene rings is 2. The number of ether oxygens (including phenoxy) is 2. The number of methoxy groups -OCH3 is 2. The molecule has 0 atom stereocenters. The molecule has 0 aliphatic rings. The molecule has 0 aliphatic heterocycles. The van der Waals surface area contributed by atoms with Crippen LogP contribution in [0.3, 0.4) is 0 Å². The third-order valence-corrected chi connectivity index (χ3v) is 3.31. The number of rotatable bonds is 4. The lowest BCUT2D eigenvalue weighted by Gasteiger charge is -2.09. The Morgan fingerprint density at radius 1 is 1.00 bits per heavy atom. The number of fused-ring (bicyclic) bond motifs is 1. The SMILES string of the molecule is COc1cncnc1N=Nc1cc(OC)c2ccccc2c1O. The maximum absolute atomic E-state index is 10.4. The minimum atomic E-state index is 0.0261. The molecule has 23 heavy (non-hydrogen) atoms. The fourth-order valence-electron chi connectivity index (χ4n) is 2.19. The highest BCUT2D eigenvalue weighted by atomic mass is 16.5. The van der Waals surface area contributed by atoms with Crippen LogP contribution in [0.25, 0.3) is 10.8 Å². The van der Waals surface area contributed by atoms with Gasteiger partial charge in [0.2, 0.25) is 5.82 Å². The van der Waals surface area contributed by atoms with Crippen molar-refractivity contribution >= 4 is 22.3 Å². The van der Waals surface area contributed by atoms with Gasteiger partial charge in [-0.05, 0) is 0 Å². The lowest BCUT2D eigenvalue weighted by molar-refractivity contribution is 0.412. The van der Waals surface area contributed by atoms with E-state index in [0.29, 0.717) is 16.9 Å². The van der Waals surface area contributed by atoms with Gasteiger partial charge in [-0.15, -0.1) is 10.2 Å². The van der Waals surface area contributed by atoms with Gasteiger partial charge in [0, 0.05) is 16.8 Å². The summed E-state index contributed by atoms with van der Waals surface area (Å²) < 4.78 is 10.5. The number of aromatic nitrogens is 2. The normalized spacial score (nSPS) is 11.0. The van der Waals surface area contributed by atoms with E-state index in [0.717, 1.165) is 5.39 Å². The highest BCUT2D eigenvalue weighted by molar-refractivity contribution is 5.97. The Morgan fingerprint density at radius 3 is 2.48 bits per heavy atom. The third kappa shape index (κ3) is 2.76. The molecule has 1 N–H and O–H groups in total. The summed E-state index contributed by atoms with van der Waals surface area (Å²) in [5.41, 5.74) is 0.279. The summed E-state index contributed by atoms with van der Waals surface area (Å²) in [5.74, 6) is 1.29. The van der Waals surface area contributed by atoms with E-state index in [4.69, 9.17) is 9.47 Å². The molecule has 7 nitrogen and oxygen atoms in total. The highest BCUT2D eigenvalue weighted by Crippen LogP contribution is 2.41. The topological polar surface area (TPSA) is 89.2 Å². The van der Waals surface area contributed by atoms with Gasteiger partial charge in [-0.2, -0.15) is 0 Å². The van der Waals surface area contributed by atoms with Crippen molar-refractivity contribution in [3.8, 4) is 17.2 Å². The van der Waals surface area contributed by atoms with Gasteiger partial charge in [-0.3, -0.25) is 0 Å². The van der Waals surface area contributed by atoms with Gasteiger partial charge in [0.25, 0.3) is 0 Å². The van der Waals surface area contributed by atoms with E-state index in [-0.39, 0.29) is 17.3 Å². The second kappa shape index (κ2) is 6.27. The number of hydrogen-bond acceptors (Lipinski definition) is 7. The van der Waals surface area contributed by atoms with Crippen molar-refractivity contribution in [3.63, 3.8) is 0 Å². The molecule has 116 valence electrons. The number of aromatic hydroxyl groups is 1. The van der Waals surface area contributed by atoms with Crippen molar-refractivity contribution < 1.29 is 14.6 Å². The Kier molecular flexibility index (Phi) is 4.01. The fraction of sp³-hybridized carbons (Fsp3) is 0.125. The molecule has 3 aromatic rings. The van der Waals surface area contributed by atoms with Gasteiger partial charge in [0.05, 0.1) is 20.4 Å². The monoisotopic (exact) mass is 310 g/mol. The molecular formula is C16H14N4O3. The van der Waals surface area contributed by atoms with Gasteiger partial charge in [-0.1, -0.05) is 24.3 Å². The first-order chi connectivity index (χ1) is 11.2. The predicted octanol–water partition coefficient (Wildman–Crippen LogP) is 3.77. The number of nitrogens with zero attached hydrogens (tertiary/aromatic N) is 4. The van der Waals surface area contributed by atoms with Crippen LogP contribution < -0.4 is 9.47 Å². The summed E-state index contributed by atoms with van der Waals surface area (Å²) in [6, 6.07) is 8.97. The average Bonchev–Trinajstić information content (AvgIpc) is 2.61. The average molecular weight is 310 g/mol. The first-order valence-electron chi connectivity index (χ1n) is 6.79. The van der Waals surface area contributed by atoms with Gasteiger partial charge in [0.1, 0.15) is 17.8 Å². The van der Waals surface area contributed by atoms with E-state index in [1.807, 2.05) is 18.2 Å². The molecule has 7 heteroatoms. The van der Waals surface area contributed by atoms with Crippen molar-refractivity contribution in [2.24, 2.45) is 10.2 Å². The van der Waals surface area contributed by atoms with E-state index < -0.39 is 0 Å². The van der Waals surface area contributed by atoms with Crippen molar-refractivity contribution in [2.75, 3.05) is 14.2 Å².